The summed E-state index contributed by atoms with van der Waals surface area (Å²) in [6, 6.07) is 4.40. The minimum Gasteiger partial charge on any atom is -0.379 e. The lowest BCUT2D eigenvalue weighted by Crippen LogP contribution is -2.07. The number of thioether (sulfide) groups is 2. The van der Waals surface area contributed by atoms with Crippen molar-refractivity contribution in [3.8, 4) is 0 Å². The maximum absolute atomic E-state index is 5.59. The molecule has 0 amide bonds. The van der Waals surface area contributed by atoms with Crippen molar-refractivity contribution in [2.45, 2.75) is 10.9 Å². The first-order chi connectivity index (χ1) is 6.84. The van der Waals surface area contributed by atoms with Crippen LogP contribution in [-0.2, 0) is 0 Å². The summed E-state index contributed by atoms with van der Waals surface area (Å²) in [5.74, 6) is 2.02. The first kappa shape index (κ1) is 9.86. The Labute approximate surface area is 91.6 Å². The first-order valence-corrected chi connectivity index (χ1v) is 6.30. The van der Waals surface area contributed by atoms with Gasteiger partial charge in [0.1, 0.15) is 0 Å². The number of aliphatic imine (C=N–C) groups is 1. The fourth-order valence-corrected chi connectivity index (χ4v) is 2.97. The number of nitrogens with two attached hydrogens (primary N) is 1. The molecule has 0 saturated heterocycles. The molecule has 0 fully saturated rings. The number of hydrogen-bond donors (Lipinski definition) is 1. The third kappa shape index (κ3) is 2.65. The van der Waals surface area contributed by atoms with Gasteiger partial charge in [-0.2, -0.15) is 0 Å². The Morgan fingerprint density at radius 1 is 1.50 bits per heavy atom. The van der Waals surface area contributed by atoms with Crippen LogP contribution < -0.4 is 5.73 Å². The zero-order chi connectivity index (χ0) is 9.80. The van der Waals surface area contributed by atoms with Crippen molar-refractivity contribution in [3.05, 3.63) is 24.5 Å². The average molecular weight is 225 g/mol. The lowest BCUT2D eigenvalue weighted by atomic mass is 10.4. The first-order valence-electron chi connectivity index (χ1n) is 4.33. The van der Waals surface area contributed by atoms with E-state index in [1.54, 1.807) is 23.5 Å². The molecule has 0 bridgehead atoms. The van der Waals surface area contributed by atoms with Gasteiger partial charge in [0.2, 0.25) is 0 Å². The Balaban J connectivity index is 1.84. The lowest BCUT2D eigenvalue weighted by Gasteiger charge is -2.04. The maximum Gasteiger partial charge on any atom is 0.154 e. The standard InChI is InChI=1S/C9H11N3S2/c10-9-12-7(6-14-9)5-13-8-1-3-11-4-2-8/h1-4,7H,5-6H2,(H2,10,12). The van der Waals surface area contributed by atoms with E-state index < -0.39 is 0 Å². The molecule has 3 nitrogen and oxygen atoms in total. The molecular weight excluding hydrogens is 214 g/mol. The van der Waals surface area contributed by atoms with Crippen LogP contribution in [0.5, 0.6) is 0 Å². The third-order valence-electron chi connectivity index (χ3n) is 1.83. The van der Waals surface area contributed by atoms with Gasteiger partial charge in [-0.25, -0.2) is 0 Å². The molecule has 0 saturated carbocycles. The maximum atomic E-state index is 5.59. The smallest absolute Gasteiger partial charge is 0.154 e. The number of aromatic nitrogens is 1. The lowest BCUT2D eigenvalue weighted by molar-refractivity contribution is 0.877. The molecule has 5 heteroatoms. The summed E-state index contributed by atoms with van der Waals surface area (Å²) < 4.78 is 0. The van der Waals surface area contributed by atoms with Crippen LogP contribution in [0.25, 0.3) is 0 Å². The van der Waals surface area contributed by atoms with E-state index in [0.717, 1.165) is 16.7 Å². The van der Waals surface area contributed by atoms with Crippen LogP contribution in [0.1, 0.15) is 0 Å². The van der Waals surface area contributed by atoms with E-state index in [0.29, 0.717) is 6.04 Å². The molecule has 1 unspecified atom stereocenters. The molecule has 2 heterocycles. The van der Waals surface area contributed by atoms with E-state index in [9.17, 15) is 0 Å². The monoisotopic (exact) mass is 225 g/mol. The van der Waals surface area contributed by atoms with Crippen LogP contribution in [0.15, 0.2) is 34.4 Å². The number of rotatable bonds is 3. The van der Waals surface area contributed by atoms with Crippen molar-refractivity contribution in [3.63, 3.8) is 0 Å². The highest BCUT2D eigenvalue weighted by Crippen LogP contribution is 2.23. The second kappa shape index (κ2) is 4.70. The van der Waals surface area contributed by atoms with Gasteiger partial charge in [0.05, 0.1) is 6.04 Å². The van der Waals surface area contributed by atoms with Crippen LogP contribution >= 0.6 is 23.5 Å². The fraction of sp³-hybridized carbons (Fsp3) is 0.333. The molecule has 0 radical (unpaired) electrons. The van der Waals surface area contributed by atoms with Gasteiger partial charge in [0, 0.05) is 28.8 Å². The Hall–Kier alpha value is -0.680. The van der Waals surface area contributed by atoms with Crippen molar-refractivity contribution >= 4 is 28.7 Å². The van der Waals surface area contributed by atoms with Gasteiger partial charge in [-0.3, -0.25) is 9.98 Å². The summed E-state index contributed by atoms with van der Waals surface area (Å²) in [7, 11) is 0. The van der Waals surface area contributed by atoms with E-state index in [2.05, 4.69) is 9.98 Å². The third-order valence-corrected chi connectivity index (χ3v) is 3.94. The molecular formula is C9H11N3S2. The predicted molar refractivity (Wildman–Crippen MR) is 62.8 cm³/mol. The van der Waals surface area contributed by atoms with Gasteiger partial charge in [0.25, 0.3) is 0 Å². The van der Waals surface area contributed by atoms with Crippen molar-refractivity contribution in [1.29, 1.82) is 0 Å². The summed E-state index contributed by atoms with van der Waals surface area (Å²) in [6.07, 6.45) is 3.62. The Morgan fingerprint density at radius 2 is 2.29 bits per heavy atom. The average Bonchev–Trinajstić information content (AvgIpc) is 2.63. The number of pyridine rings is 1. The number of amidine groups is 1. The summed E-state index contributed by atoms with van der Waals surface area (Å²) >= 11 is 3.45. The predicted octanol–water partition coefficient (Wildman–Crippen LogP) is 1.60. The molecule has 1 aromatic heterocycles. The zero-order valence-corrected chi connectivity index (χ0v) is 9.22. The van der Waals surface area contributed by atoms with Crippen molar-refractivity contribution in [1.82, 2.24) is 4.98 Å². The van der Waals surface area contributed by atoms with E-state index in [1.165, 1.54) is 4.90 Å². The number of nitrogens with zero attached hydrogens (tertiary/aromatic N) is 2. The molecule has 2 N–H and O–H groups in total. The molecule has 74 valence electrons. The molecule has 1 aliphatic heterocycles. The molecule has 1 aromatic rings. The van der Waals surface area contributed by atoms with Gasteiger partial charge in [-0.05, 0) is 12.1 Å². The zero-order valence-electron chi connectivity index (χ0n) is 7.59. The summed E-state index contributed by atoms with van der Waals surface area (Å²) in [5, 5.41) is 0.727. The molecule has 14 heavy (non-hydrogen) atoms. The van der Waals surface area contributed by atoms with Gasteiger partial charge in [-0.1, -0.05) is 11.8 Å². The summed E-state index contributed by atoms with van der Waals surface area (Å²) in [4.78, 5) is 9.54. The van der Waals surface area contributed by atoms with Crippen LogP contribution in [0.3, 0.4) is 0 Å². The molecule has 2 rings (SSSR count). The Morgan fingerprint density at radius 3 is 2.93 bits per heavy atom. The highest BCUT2D eigenvalue weighted by molar-refractivity contribution is 8.14. The minimum atomic E-state index is 0.373. The van der Waals surface area contributed by atoms with Gasteiger partial charge >= 0.3 is 0 Å². The van der Waals surface area contributed by atoms with Crippen LogP contribution in [-0.4, -0.2) is 27.7 Å². The van der Waals surface area contributed by atoms with E-state index in [4.69, 9.17) is 5.73 Å². The quantitative estimate of drug-likeness (QED) is 0.794. The van der Waals surface area contributed by atoms with Crippen molar-refractivity contribution < 1.29 is 0 Å². The summed E-state index contributed by atoms with van der Waals surface area (Å²) in [5.41, 5.74) is 5.59. The van der Waals surface area contributed by atoms with Crippen LogP contribution in [0.2, 0.25) is 0 Å². The van der Waals surface area contributed by atoms with Crippen molar-refractivity contribution in [2.75, 3.05) is 11.5 Å². The molecule has 0 aromatic carbocycles. The number of hydrogen-bond acceptors (Lipinski definition) is 5. The van der Waals surface area contributed by atoms with Crippen LogP contribution in [0, 0.1) is 0 Å². The second-order valence-corrected chi connectivity index (χ2v) is 5.06. The Kier molecular flexibility index (Phi) is 3.31. The summed E-state index contributed by atoms with van der Waals surface area (Å²) in [6.45, 7) is 0. The van der Waals surface area contributed by atoms with E-state index >= 15 is 0 Å². The fourth-order valence-electron chi connectivity index (χ4n) is 1.15. The van der Waals surface area contributed by atoms with Crippen LogP contribution in [0.4, 0.5) is 0 Å². The topological polar surface area (TPSA) is 51.3 Å². The molecule has 1 aliphatic rings. The highest BCUT2D eigenvalue weighted by atomic mass is 32.2. The molecule has 0 spiro atoms. The van der Waals surface area contributed by atoms with E-state index in [1.807, 2.05) is 24.5 Å². The molecule has 1 atom stereocenters. The minimum absolute atomic E-state index is 0.373. The van der Waals surface area contributed by atoms with Gasteiger partial charge in [-0.15, -0.1) is 11.8 Å². The Bertz CT molecular complexity index is 326. The van der Waals surface area contributed by atoms with Crippen molar-refractivity contribution in [2.24, 2.45) is 10.7 Å². The normalized spacial score (nSPS) is 20.9. The SMILES string of the molecule is NC1=NC(CSc2ccncc2)CS1. The largest absolute Gasteiger partial charge is 0.379 e. The van der Waals surface area contributed by atoms with Gasteiger partial charge in [0.15, 0.2) is 5.17 Å². The highest BCUT2D eigenvalue weighted by Gasteiger charge is 2.15. The molecule has 0 aliphatic carbocycles. The van der Waals surface area contributed by atoms with E-state index in [-0.39, 0.29) is 0 Å². The van der Waals surface area contributed by atoms with Gasteiger partial charge < -0.3 is 5.73 Å². The second-order valence-electron chi connectivity index (χ2n) is 2.93.